The number of esters is 1. The number of ether oxygens (including phenoxy) is 1. The van der Waals surface area contributed by atoms with Crippen LogP contribution in [-0.2, 0) is 4.74 Å². The average molecular weight is 306 g/mol. The van der Waals surface area contributed by atoms with Gasteiger partial charge in [-0.15, -0.1) is 0 Å². The number of H-pyrrole nitrogens is 1. The van der Waals surface area contributed by atoms with E-state index in [4.69, 9.17) is 4.74 Å². The number of aryl methyl sites for hydroxylation is 1. The molecule has 0 fully saturated rings. The normalized spacial score (nSPS) is 10.5. The summed E-state index contributed by atoms with van der Waals surface area (Å²) >= 11 is 0. The summed E-state index contributed by atoms with van der Waals surface area (Å²) in [5, 5.41) is 0. The van der Waals surface area contributed by atoms with Crippen LogP contribution in [0, 0.1) is 6.92 Å². The van der Waals surface area contributed by atoms with E-state index in [1.165, 1.54) is 5.56 Å². The molecule has 0 atom stereocenters. The minimum Gasteiger partial charge on any atom is -0.461 e. The zero-order valence-electron chi connectivity index (χ0n) is 13.2. The van der Waals surface area contributed by atoms with E-state index in [1.54, 1.807) is 19.3 Å². The maximum atomic E-state index is 12.3. The SMILES string of the molecule is CCOC(=O)c1[nH]cc(-c2ccncc2)c1-c1ccc(C)cc1. The summed E-state index contributed by atoms with van der Waals surface area (Å²) in [6.45, 7) is 4.18. The first-order valence-electron chi connectivity index (χ1n) is 7.56. The number of rotatable bonds is 4. The largest absolute Gasteiger partial charge is 0.461 e. The third kappa shape index (κ3) is 3.01. The van der Waals surface area contributed by atoms with E-state index in [0.29, 0.717) is 12.3 Å². The lowest BCUT2D eigenvalue weighted by Crippen LogP contribution is -2.06. The zero-order chi connectivity index (χ0) is 16.2. The summed E-state index contributed by atoms with van der Waals surface area (Å²) in [7, 11) is 0. The molecular weight excluding hydrogens is 288 g/mol. The van der Waals surface area contributed by atoms with Crippen LogP contribution in [0.3, 0.4) is 0 Å². The number of hydrogen-bond donors (Lipinski definition) is 1. The predicted octanol–water partition coefficient (Wildman–Crippen LogP) is 4.23. The van der Waals surface area contributed by atoms with Gasteiger partial charge in [0.1, 0.15) is 5.69 Å². The first kappa shape index (κ1) is 15.0. The third-order valence-electron chi connectivity index (χ3n) is 3.69. The van der Waals surface area contributed by atoms with Crippen LogP contribution < -0.4 is 0 Å². The molecule has 23 heavy (non-hydrogen) atoms. The van der Waals surface area contributed by atoms with E-state index in [0.717, 1.165) is 22.3 Å². The lowest BCUT2D eigenvalue weighted by molar-refractivity contribution is 0.0521. The highest BCUT2D eigenvalue weighted by atomic mass is 16.5. The Morgan fingerprint density at radius 1 is 1.09 bits per heavy atom. The maximum absolute atomic E-state index is 12.3. The minimum absolute atomic E-state index is 0.343. The number of nitrogens with zero attached hydrogens (tertiary/aromatic N) is 1. The second kappa shape index (κ2) is 6.48. The Hall–Kier alpha value is -2.88. The number of carbonyl (C=O) groups excluding carboxylic acids is 1. The number of carbonyl (C=O) groups is 1. The van der Waals surface area contributed by atoms with Crippen molar-refractivity contribution in [3.63, 3.8) is 0 Å². The highest BCUT2D eigenvalue weighted by Gasteiger charge is 2.20. The molecule has 2 aromatic heterocycles. The molecule has 3 rings (SSSR count). The first-order valence-corrected chi connectivity index (χ1v) is 7.56. The summed E-state index contributed by atoms with van der Waals surface area (Å²) in [5.74, 6) is -0.344. The van der Waals surface area contributed by atoms with Crippen molar-refractivity contribution in [1.29, 1.82) is 0 Å². The Morgan fingerprint density at radius 3 is 2.43 bits per heavy atom. The molecule has 0 bridgehead atoms. The van der Waals surface area contributed by atoms with Gasteiger partial charge >= 0.3 is 5.97 Å². The maximum Gasteiger partial charge on any atom is 0.355 e. The number of pyridine rings is 1. The highest BCUT2D eigenvalue weighted by molar-refractivity contribution is 6.01. The average Bonchev–Trinajstić information content (AvgIpc) is 3.01. The van der Waals surface area contributed by atoms with Crippen molar-refractivity contribution in [1.82, 2.24) is 9.97 Å². The van der Waals surface area contributed by atoms with Crippen molar-refractivity contribution in [2.24, 2.45) is 0 Å². The van der Waals surface area contributed by atoms with Gasteiger partial charge in [0.2, 0.25) is 0 Å². The Bertz CT molecular complexity index is 805. The monoisotopic (exact) mass is 306 g/mol. The quantitative estimate of drug-likeness (QED) is 0.734. The first-order chi connectivity index (χ1) is 11.2. The molecule has 4 heteroatoms. The van der Waals surface area contributed by atoms with Crippen LogP contribution >= 0.6 is 0 Å². The Balaban J connectivity index is 2.18. The number of aromatic nitrogens is 2. The molecule has 0 spiro atoms. The second-order valence-electron chi connectivity index (χ2n) is 5.27. The van der Waals surface area contributed by atoms with E-state index in [-0.39, 0.29) is 5.97 Å². The second-order valence-corrected chi connectivity index (χ2v) is 5.27. The molecule has 0 aliphatic carbocycles. The third-order valence-corrected chi connectivity index (χ3v) is 3.69. The molecule has 0 saturated heterocycles. The van der Waals surface area contributed by atoms with Crippen molar-refractivity contribution >= 4 is 5.97 Å². The fourth-order valence-corrected chi connectivity index (χ4v) is 2.57. The molecule has 116 valence electrons. The van der Waals surface area contributed by atoms with Crippen LogP contribution in [0.15, 0.2) is 55.0 Å². The van der Waals surface area contributed by atoms with Crippen LogP contribution in [0.25, 0.3) is 22.3 Å². The van der Waals surface area contributed by atoms with Crippen LogP contribution in [0.5, 0.6) is 0 Å². The fourth-order valence-electron chi connectivity index (χ4n) is 2.57. The smallest absolute Gasteiger partial charge is 0.355 e. The summed E-state index contributed by atoms with van der Waals surface area (Å²) in [5.41, 5.74) is 5.44. The van der Waals surface area contributed by atoms with E-state index in [9.17, 15) is 4.79 Å². The molecule has 4 nitrogen and oxygen atoms in total. The van der Waals surface area contributed by atoms with Gasteiger partial charge in [0.25, 0.3) is 0 Å². The van der Waals surface area contributed by atoms with Crippen molar-refractivity contribution < 1.29 is 9.53 Å². The molecule has 0 aliphatic heterocycles. The Labute approximate surface area is 135 Å². The number of hydrogen-bond acceptors (Lipinski definition) is 3. The Morgan fingerprint density at radius 2 is 1.78 bits per heavy atom. The lowest BCUT2D eigenvalue weighted by Gasteiger charge is -2.08. The molecule has 0 amide bonds. The van der Waals surface area contributed by atoms with Crippen LogP contribution in [0.2, 0.25) is 0 Å². The fraction of sp³-hybridized carbons (Fsp3) is 0.158. The molecular formula is C19H18N2O2. The van der Waals surface area contributed by atoms with Gasteiger partial charge in [-0.25, -0.2) is 4.79 Å². The van der Waals surface area contributed by atoms with Gasteiger partial charge < -0.3 is 9.72 Å². The van der Waals surface area contributed by atoms with Gasteiger partial charge in [-0.1, -0.05) is 29.8 Å². The van der Waals surface area contributed by atoms with Crippen molar-refractivity contribution in [2.75, 3.05) is 6.61 Å². The molecule has 1 N–H and O–H groups in total. The topological polar surface area (TPSA) is 55.0 Å². The predicted molar refractivity (Wildman–Crippen MR) is 90.2 cm³/mol. The molecule has 0 radical (unpaired) electrons. The minimum atomic E-state index is -0.344. The summed E-state index contributed by atoms with van der Waals surface area (Å²) in [6, 6.07) is 12.0. The zero-order valence-corrected chi connectivity index (χ0v) is 13.2. The summed E-state index contributed by atoms with van der Waals surface area (Å²) < 4.78 is 5.18. The van der Waals surface area contributed by atoms with Gasteiger partial charge in [0.05, 0.1) is 6.61 Å². The van der Waals surface area contributed by atoms with Crippen molar-refractivity contribution in [3.05, 3.63) is 66.2 Å². The van der Waals surface area contributed by atoms with Crippen molar-refractivity contribution in [2.45, 2.75) is 13.8 Å². The molecule has 0 aliphatic rings. The van der Waals surface area contributed by atoms with Gasteiger partial charge in [0.15, 0.2) is 0 Å². The van der Waals surface area contributed by atoms with Gasteiger partial charge in [-0.05, 0) is 37.1 Å². The summed E-state index contributed by atoms with van der Waals surface area (Å²) in [6.07, 6.45) is 5.33. The van der Waals surface area contributed by atoms with Gasteiger partial charge in [0, 0.05) is 29.7 Å². The lowest BCUT2D eigenvalue weighted by atomic mass is 9.96. The standard InChI is InChI=1S/C19H18N2O2/c1-3-23-19(22)18-17(15-6-4-13(2)5-7-15)16(12-21-18)14-8-10-20-11-9-14/h4-12,21H,3H2,1-2H3. The van der Waals surface area contributed by atoms with E-state index in [2.05, 4.69) is 9.97 Å². The van der Waals surface area contributed by atoms with Crippen LogP contribution in [0.1, 0.15) is 23.0 Å². The highest BCUT2D eigenvalue weighted by Crippen LogP contribution is 2.35. The molecule has 1 aromatic carbocycles. The molecule has 3 aromatic rings. The summed E-state index contributed by atoms with van der Waals surface area (Å²) in [4.78, 5) is 19.4. The van der Waals surface area contributed by atoms with E-state index >= 15 is 0 Å². The Kier molecular flexibility index (Phi) is 4.24. The van der Waals surface area contributed by atoms with Crippen LogP contribution in [0.4, 0.5) is 0 Å². The molecule has 2 heterocycles. The van der Waals surface area contributed by atoms with Gasteiger partial charge in [-0.2, -0.15) is 0 Å². The van der Waals surface area contributed by atoms with Crippen molar-refractivity contribution in [3.8, 4) is 22.3 Å². The number of nitrogens with one attached hydrogen (secondary N) is 1. The molecule has 0 unspecified atom stereocenters. The molecule has 0 saturated carbocycles. The van der Waals surface area contributed by atoms with E-state index in [1.807, 2.05) is 49.5 Å². The number of aromatic amines is 1. The van der Waals surface area contributed by atoms with Crippen LogP contribution in [-0.4, -0.2) is 22.5 Å². The van der Waals surface area contributed by atoms with E-state index < -0.39 is 0 Å². The number of benzene rings is 1. The van der Waals surface area contributed by atoms with Gasteiger partial charge in [-0.3, -0.25) is 4.98 Å².